The quantitative estimate of drug-likeness (QED) is 0.272. The van der Waals surface area contributed by atoms with Gasteiger partial charge < -0.3 is 14.6 Å². The van der Waals surface area contributed by atoms with Crippen molar-refractivity contribution in [1.82, 2.24) is 0 Å². The van der Waals surface area contributed by atoms with Gasteiger partial charge in [0.2, 0.25) is 0 Å². The number of carboxylic acid groups (broad SMARTS) is 1. The first kappa shape index (κ1) is 26.0. The predicted octanol–water partition coefficient (Wildman–Crippen LogP) is 8.74. The number of benzene rings is 3. The van der Waals surface area contributed by atoms with Gasteiger partial charge in [0.25, 0.3) is 0 Å². The molecule has 0 spiro atoms. The molecule has 0 unspecified atom stereocenters. The van der Waals surface area contributed by atoms with Gasteiger partial charge in [-0.25, -0.2) is 0 Å². The molecule has 4 heteroatoms. The van der Waals surface area contributed by atoms with E-state index in [9.17, 15) is 9.90 Å². The maximum absolute atomic E-state index is 11.5. The van der Waals surface area contributed by atoms with Crippen molar-refractivity contribution in [3.8, 4) is 22.6 Å². The maximum atomic E-state index is 11.5. The van der Waals surface area contributed by atoms with Crippen molar-refractivity contribution >= 4 is 5.97 Å². The summed E-state index contributed by atoms with van der Waals surface area (Å²) in [7, 11) is 0. The zero-order valence-corrected chi connectivity index (χ0v) is 23.2. The largest absolute Gasteiger partial charge is 0.490 e. The fraction of sp³-hybridized carbons (Fsp3) is 0.457. The van der Waals surface area contributed by atoms with Crippen LogP contribution in [-0.4, -0.2) is 17.2 Å². The molecule has 0 aromatic heterocycles. The standard InChI is InChI=1S/C35H40O4/c1-35(2)17-5-10-33(35)32-18-23(11-16-30(32)25-6-4-9-29(20-25)39-27-14-15-27)22-38-28-8-3-7-26(19-28)31(21-34(36)37)24-12-13-24/h3-4,6-9,11,16,18-20,24,27,31,33H,5,10,12-15,17,21-22H2,1-2H3,(H,36,37)/t31-,33+/m0/s1. The lowest BCUT2D eigenvalue weighted by Crippen LogP contribution is -2.16. The van der Waals surface area contributed by atoms with Crippen LogP contribution in [-0.2, 0) is 11.4 Å². The Balaban J connectivity index is 1.25. The second kappa shape index (κ2) is 10.7. The molecule has 3 fully saturated rings. The third kappa shape index (κ3) is 6.16. The van der Waals surface area contributed by atoms with Gasteiger partial charge in [-0.1, -0.05) is 62.7 Å². The Bertz CT molecular complexity index is 1330. The summed E-state index contributed by atoms with van der Waals surface area (Å²) >= 11 is 0. The van der Waals surface area contributed by atoms with E-state index in [0.717, 1.165) is 48.3 Å². The number of carbonyl (C=O) groups is 1. The summed E-state index contributed by atoms with van der Waals surface area (Å²) in [5.74, 6) is 2.09. The van der Waals surface area contributed by atoms with E-state index in [0.29, 0.717) is 24.5 Å². The molecule has 3 saturated carbocycles. The van der Waals surface area contributed by atoms with Crippen LogP contribution in [0.5, 0.6) is 11.5 Å². The van der Waals surface area contributed by atoms with Crippen LogP contribution in [0.15, 0.2) is 66.7 Å². The Morgan fingerprint density at radius 2 is 1.74 bits per heavy atom. The number of hydrogen-bond acceptors (Lipinski definition) is 3. The van der Waals surface area contributed by atoms with Gasteiger partial charge in [-0.15, -0.1) is 0 Å². The number of hydrogen-bond donors (Lipinski definition) is 1. The summed E-state index contributed by atoms with van der Waals surface area (Å²) in [6.07, 6.45) is 8.82. The summed E-state index contributed by atoms with van der Waals surface area (Å²) in [5.41, 5.74) is 6.42. The Labute approximate surface area is 232 Å². The molecular weight excluding hydrogens is 484 g/mol. The van der Waals surface area contributed by atoms with Crippen LogP contribution in [0.4, 0.5) is 0 Å². The summed E-state index contributed by atoms with van der Waals surface area (Å²) in [6.45, 7) is 5.30. The zero-order valence-electron chi connectivity index (χ0n) is 23.2. The Hall–Kier alpha value is -3.27. The second-order valence-corrected chi connectivity index (χ2v) is 12.6. The molecule has 4 nitrogen and oxygen atoms in total. The Morgan fingerprint density at radius 3 is 2.46 bits per heavy atom. The van der Waals surface area contributed by atoms with Gasteiger partial charge in [0.1, 0.15) is 18.1 Å². The maximum Gasteiger partial charge on any atom is 0.303 e. The first-order chi connectivity index (χ1) is 18.9. The zero-order chi connectivity index (χ0) is 27.0. The number of rotatable bonds is 11. The van der Waals surface area contributed by atoms with Crippen LogP contribution in [0.1, 0.15) is 93.7 Å². The van der Waals surface area contributed by atoms with Crippen LogP contribution < -0.4 is 9.47 Å². The minimum atomic E-state index is -0.731. The van der Waals surface area contributed by atoms with Crippen molar-refractivity contribution in [1.29, 1.82) is 0 Å². The number of aliphatic carboxylic acids is 1. The van der Waals surface area contributed by atoms with Gasteiger partial charge >= 0.3 is 5.97 Å². The highest BCUT2D eigenvalue weighted by atomic mass is 16.5. The monoisotopic (exact) mass is 524 g/mol. The Kier molecular flexibility index (Phi) is 7.14. The number of ether oxygens (including phenoxy) is 2. The topological polar surface area (TPSA) is 55.8 Å². The van der Waals surface area contributed by atoms with E-state index in [1.54, 1.807) is 0 Å². The Morgan fingerprint density at radius 1 is 0.949 bits per heavy atom. The lowest BCUT2D eigenvalue weighted by Gasteiger charge is -2.30. The summed E-state index contributed by atoms with van der Waals surface area (Å²) in [6, 6.07) is 23.5. The van der Waals surface area contributed by atoms with Gasteiger partial charge in [0, 0.05) is 0 Å². The van der Waals surface area contributed by atoms with Crippen molar-refractivity contribution in [2.24, 2.45) is 11.3 Å². The molecule has 0 saturated heterocycles. The number of carboxylic acids is 1. The molecule has 3 aromatic carbocycles. The average Bonchev–Trinajstić information content (AvgIpc) is 3.85. The molecule has 2 atom stereocenters. The molecule has 0 aliphatic heterocycles. The van der Waals surface area contributed by atoms with E-state index < -0.39 is 5.97 Å². The normalized spacial score (nSPS) is 20.9. The summed E-state index contributed by atoms with van der Waals surface area (Å²) < 4.78 is 12.4. The first-order valence-electron chi connectivity index (χ1n) is 14.7. The van der Waals surface area contributed by atoms with Crippen LogP contribution >= 0.6 is 0 Å². The minimum Gasteiger partial charge on any atom is -0.490 e. The lowest BCUT2D eigenvalue weighted by atomic mass is 9.75. The fourth-order valence-corrected chi connectivity index (χ4v) is 6.52. The molecule has 3 aliphatic rings. The van der Waals surface area contributed by atoms with Crippen molar-refractivity contribution in [3.05, 3.63) is 83.4 Å². The van der Waals surface area contributed by atoms with E-state index >= 15 is 0 Å². The van der Waals surface area contributed by atoms with Gasteiger partial charge in [-0.05, 0) is 114 Å². The first-order valence-corrected chi connectivity index (χ1v) is 14.7. The van der Waals surface area contributed by atoms with Crippen molar-refractivity contribution in [2.45, 2.75) is 89.8 Å². The van der Waals surface area contributed by atoms with E-state index in [2.05, 4.69) is 62.4 Å². The molecule has 0 heterocycles. The average molecular weight is 525 g/mol. The molecule has 6 rings (SSSR count). The van der Waals surface area contributed by atoms with Crippen molar-refractivity contribution in [3.63, 3.8) is 0 Å². The van der Waals surface area contributed by atoms with E-state index in [1.165, 1.54) is 36.0 Å². The van der Waals surface area contributed by atoms with Crippen molar-refractivity contribution < 1.29 is 19.4 Å². The van der Waals surface area contributed by atoms with Gasteiger partial charge in [-0.3, -0.25) is 4.79 Å². The molecule has 1 N–H and O–H groups in total. The molecule has 3 aliphatic carbocycles. The van der Waals surface area contributed by atoms with Crippen LogP contribution in [0.3, 0.4) is 0 Å². The third-order valence-electron chi connectivity index (χ3n) is 9.00. The highest BCUT2D eigenvalue weighted by Crippen LogP contribution is 2.51. The minimum absolute atomic E-state index is 0.0705. The van der Waals surface area contributed by atoms with Gasteiger partial charge in [0.15, 0.2) is 0 Å². The van der Waals surface area contributed by atoms with Gasteiger partial charge in [0.05, 0.1) is 12.5 Å². The summed E-state index contributed by atoms with van der Waals surface area (Å²) in [5, 5.41) is 9.42. The third-order valence-corrected chi connectivity index (χ3v) is 9.00. The molecule has 39 heavy (non-hydrogen) atoms. The SMILES string of the molecule is CC1(C)CCC[C@@H]1c1cc(COc2cccc([C@@H](CC(=O)O)C3CC3)c2)ccc1-c1cccc(OC2CC2)c1. The fourth-order valence-electron chi connectivity index (χ4n) is 6.52. The molecule has 3 aromatic rings. The van der Waals surface area contributed by atoms with E-state index in [4.69, 9.17) is 9.47 Å². The lowest BCUT2D eigenvalue weighted by molar-refractivity contribution is -0.137. The smallest absolute Gasteiger partial charge is 0.303 e. The molecule has 0 bridgehead atoms. The summed E-state index contributed by atoms with van der Waals surface area (Å²) in [4.78, 5) is 11.5. The molecule has 0 amide bonds. The molecular formula is C35H40O4. The second-order valence-electron chi connectivity index (χ2n) is 12.6. The predicted molar refractivity (Wildman–Crippen MR) is 154 cm³/mol. The molecule has 0 radical (unpaired) electrons. The van der Waals surface area contributed by atoms with E-state index in [1.807, 2.05) is 18.2 Å². The highest BCUT2D eigenvalue weighted by Gasteiger charge is 2.37. The van der Waals surface area contributed by atoms with Crippen LogP contribution in [0.2, 0.25) is 0 Å². The van der Waals surface area contributed by atoms with Crippen LogP contribution in [0, 0.1) is 11.3 Å². The van der Waals surface area contributed by atoms with Gasteiger partial charge in [-0.2, -0.15) is 0 Å². The van der Waals surface area contributed by atoms with E-state index in [-0.39, 0.29) is 17.8 Å². The van der Waals surface area contributed by atoms with Crippen LogP contribution in [0.25, 0.3) is 11.1 Å². The highest BCUT2D eigenvalue weighted by molar-refractivity contribution is 5.70. The molecule has 204 valence electrons. The van der Waals surface area contributed by atoms with Crippen molar-refractivity contribution in [2.75, 3.05) is 0 Å².